The number of carbonyl (C=O) groups excluding carboxylic acids is 4. The van der Waals surface area contributed by atoms with Crippen LogP contribution in [0.4, 0.5) is 26.3 Å². The van der Waals surface area contributed by atoms with Gasteiger partial charge in [-0.05, 0) is 325 Å². The van der Waals surface area contributed by atoms with Crippen molar-refractivity contribution in [1.82, 2.24) is 0 Å². The highest BCUT2D eigenvalue weighted by molar-refractivity contribution is 7.98. The van der Waals surface area contributed by atoms with Gasteiger partial charge in [0.15, 0.2) is 78.5 Å². The van der Waals surface area contributed by atoms with Crippen LogP contribution in [0.3, 0.4) is 0 Å². The van der Waals surface area contributed by atoms with E-state index in [2.05, 4.69) is 223 Å². The predicted octanol–water partition coefficient (Wildman–Crippen LogP) is 27.6. The fourth-order valence-corrected chi connectivity index (χ4v) is 33.8. The molecule has 0 spiro atoms. The molecule has 2 N–H and O–H groups in total. The fourth-order valence-electron chi connectivity index (χ4n) is 24.9. The Balaban J connectivity index is 0.000000108. The van der Waals surface area contributed by atoms with Crippen LogP contribution in [-0.4, -0.2) is 109 Å². The molecule has 16 nitrogen and oxygen atoms in total. The summed E-state index contributed by atoms with van der Waals surface area (Å²) >= 11 is 0. The van der Waals surface area contributed by atoms with Crippen molar-refractivity contribution in [2.45, 2.75) is 232 Å². The van der Waals surface area contributed by atoms with E-state index in [-0.39, 0.29) is 133 Å². The van der Waals surface area contributed by atoms with E-state index >= 15 is 0 Å². The SMILES string of the molecule is CC(F)(F)C(=O)OC1C2CC3CC1CC(CO)(C3)C2.CC(F)(F)C(=O)OCC(=O)OC1C2CC3CC1CC(CO)(C3)C2.CCOC(C)OCC12CC3CC(C1)C(OC(=O)C(C)(F)F)C(C3)C2.c1ccc([S+]2c3ccccc3Oc3ccccc32)cc1.c1ccc([S+]2c3ccccc3Oc3ccccc32)cc1.c1ccc([S+]2c3ccccc3Oc3ccccc32)cc1.c1ccc([S+]2c3ccccc3Oc3ccccc32)cc1. The summed E-state index contributed by atoms with van der Waals surface area (Å²) in [7, 11) is -0.332. The van der Waals surface area contributed by atoms with E-state index in [1.807, 2.05) is 111 Å². The number of rotatable bonds is 19. The van der Waals surface area contributed by atoms with Crippen molar-refractivity contribution < 1.29 is 103 Å². The first-order valence-electron chi connectivity index (χ1n) is 50.5. The molecule has 7 atom stereocenters. The maximum absolute atomic E-state index is 13.2. The molecule has 0 amide bonds. The number of esters is 4. The minimum Gasteiger partial charge on any atom is -0.459 e. The van der Waals surface area contributed by atoms with Crippen molar-refractivity contribution in [3.05, 3.63) is 315 Å². The van der Waals surface area contributed by atoms with E-state index in [1.54, 1.807) is 0 Å². The topological polar surface area (TPSA) is 201 Å². The Morgan fingerprint density at radius 3 is 0.767 bits per heavy atom. The first kappa shape index (κ1) is 103. The second-order valence-corrected chi connectivity index (χ2v) is 48.8. The second-order valence-electron chi connectivity index (χ2n) is 41.0. The summed E-state index contributed by atoms with van der Waals surface area (Å²) < 4.78 is 133. The molecule has 12 saturated carbocycles. The summed E-state index contributed by atoms with van der Waals surface area (Å²) in [6, 6.07) is 109. The Kier molecular flexibility index (Phi) is 31.4. The van der Waals surface area contributed by atoms with Crippen molar-refractivity contribution in [3.8, 4) is 46.0 Å². The Bertz CT molecular complexity index is 5790. The summed E-state index contributed by atoms with van der Waals surface area (Å²) in [6.07, 6.45) is 12.9. The molecule has 760 valence electrons. The number of alkyl halides is 6. The maximum Gasteiger partial charge on any atom is 0.377 e. The van der Waals surface area contributed by atoms with E-state index in [1.165, 1.54) is 58.7 Å². The van der Waals surface area contributed by atoms with Crippen molar-refractivity contribution in [2.24, 2.45) is 69.5 Å². The zero-order chi connectivity index (χ0) is 102. The summed E-state index contributed by atoms with van der Waals surface area (Å²) in [5.41, 5.74) is 0.0315. The molecule has 16 aliphatic rings. The largest absolute Gasteiger partial charge is 0.459 e. The van der Waals surface area contributed by atoms with Crippen LogP contribution in [-0.2, 0) is 91.2 Å². The Hall–Kier alpha value is -11.5. The zero-order valence-electron chi connectivity index (χ0n) is 82.2. The number of hydrogen-bond acceptors (Lipinski definition) is 16. The van der Waals surface area contributed by atoms with Crippen molar-refractivity contribution in [1.29, 1.82) is 0 Å². The Labute approximate surface area is 860 Å². The molecule has 146 heavy (non-hydrogen) atoms. The minimum absolute atomic E-state index is 0.0316. The van der Waals surface area contributed by atoms with Crippen LogP contribution in [0.25, 0.3) is 0 Å². The fraction of sp³-hybridized carbons (Fsp3) is 0.367. The van der Waals surface area contributed by atoms with Gasteiger partial charge in [-0.15, -0.1) is 0 Å². The van der Waals surface area contributed by atoms with E-state index in [9.17, 15) is 55.7 Å². The highest BCUT2D eigenvalue weighted by atomic mass is 32.2. The van der Waals surface area contributed by atoms with Crippen LogP contribution in [0.2, 0.25) is 0 Å². The molecular weight excluding hydrogens is 1940 g/mol. The highest BCUT2D eigenvalue weighted by Crippen LogP contribution is 2.65. The van der Waals surface area contributed by atoms with Gasteiger partial charge < -0.3 is 57.6 Å². The summed E-state index contributed by atoms with van der Waals surface area (Å²) in [5, 5.41) is 19.3. The second kappa shape index (κ2) is 44.5. The van der Waals surface area contributed by atoms with Gasteiger partial charge in [0.1, 0.15) is 61.9 Å². The highest BCUT2D eigenvalue weighted by Gasteiger charge is 2.61. The van der Waals surface area contributed by atoms with Gasteiger partial charge in [0.2, 0.25) is 39.2 Å². The van der Waals surface area contributed by atoms with Crippen LogP contribution >= 0.6 is 0 Å². The Morgan fingerprint density at radius 1 is 0.315 bits per heavy atom. The molecule has 12 bridgehead atoms. The van der Waals surface area contributed by atoms with Crippen LogP contribution < -0.4 is 18.9 Å². The van der Waals surface area contributed by atoms with Gasteiger partial charge >= 0.3 is 41.6 Å². The normalized spacial score (nSPS) is 25.5. The lowest BCUT2D eigenvalue weighted by molar-refractivity contribution is -0.216. The zero-order valence-corrected chi connectivity index (χ0v) is 85.4. The summed E-state index contributed by atoms with van der Waals surface area (Å²) in [5.74, 6) is -5.10. The minimum atomic E-state index is -3.61. The van der Waals surface area contributed by atoms with Crippen LogP contribution in [0.5, 0.6) is 46.0 Å². The molecule has 7 unspecified atom stereocenters. The van der Waals surface area contributed by atoms with Gasteiger partial charge in [0.25, 0.3) is 0 Å². The van der Waals surface area contributed by atoms with Gasteiger partial charge in [-0.3, -0.25) is 0 Å². The number of hydrogen-bond donors (Lipinski definition) is 2. The molecule has 12 aliphatic carbocycles. The van der Waals surface area contributed by atoms with E-state index in [0.29, 0.717) is 51.7 Å². The number of fused-ring (bicyclic) bond motifs is 8. The smallest absolute Gasteiger partial charge is 0.377 e. The molecule has 0 radical (unpaired) electrons. The average Bonchev–Trinajstić information content (AvgIpc) is 0.735. The standard InChI is InChI=1S/C18H28F2O4.4C18H13OS.C16H22F2O5.C14H20F2O3/c1-4-22-11(2)23-10-18-7-12-5-13(8-18)15(14(6-12)9-18)24-16(21)17(3,19)20;4*1-2-8-14(9-3-1)20-17-12-6-4-10-15(17)19-16-11-5-7-13-18(16)20;1-15(17,18)14(21)22-7-12(20)23-13-10-2-9-3-11(13)6-16(4-9,5-10)8-19;1-13(15,16)12(18)19-11-9-2-8-3-10(11)6-14(4-8,5-9)7-17/h11-15H,4-10H2,1-3H3;4*1-13H;9-11,13,19H,2-8H2,1H3;8-11,17H,2-7H2,1H3/q;4*+1;;. The van der Waals surface area contributed by atoms with Gasteiger partial charge in [0, 0.05) is 40.6 Å². The first-order valence-corrected chi connectivity index (χ1v) is 55.4. The quantitative estimate of drug-likeness (QED) is 0.0254. The first-order chi connectivity index (χ1) is 70.5. The molecule has 0 saturated heterocycles. The maximum atomic E-state index is 13.2. The van der Waals surface area contributed by atoms with Crippen LogP contribution in [0.15, 0.2) is 374 Å². The van der Waals surface area contributed by atoms with E-state index < -0.39 is 48.3 Å². The van der Waals surface area contributed by atoms with Crippen LogP contribution in [0.1, 0.15) is 131 Å². The lowest BCUT2D eigenvalue weighted by Gasteiger charge is -2.59. The van der Waals surface area contributed by atoms with Crippen molar-refractivity contribution >= 4 is 67.5 Å². The molecule has 26 heteroatoms. The molecular formula is C120H122F6O16S4+4. The number of benzene rings is 12. The summed E-state index contributed by atoms with van der Waals surface area (Å²) in [4.78, 5) is 61.2. The molecule has 12 fully saturated rings. The third kappa shape index (κ3) is 23.0. The third-order valence-corrected chi connectivity index (χ3v) is 39.3. The van der Waals surface area contributed by atoms with Crippen LogP contribution in [0, 0.1) is 69.5 Å². The number of halogens is 6. The Morgan fingerprint density at radius 2 is 0.534 bits per heavy atom. The molecule has 4 heterocycles. The average molecular weight is 2060 g/mol. The number of carbonyl (C=O) groups is 4. The van der Waals surface area contributed by atoms with Gasteiger partial charge in [-0.25, -0.2) is 19.2 Å². The number of para-hydroxylation sites is 8. The third-order valence-electron chi connectivity index (χ3n) is 30.1. The van der Waals surface area contributed by atoms with E-state index in [4.69, 9.17) is 42.6 Å². The van der Waals surface area contributed by atoms with Crippen molar-refractivity contribution in [2.75, 3.05) is 33.0 Å². The molecule has 4 aliphatic heterocycles. The van der Waals surface area contributed by atoms with Gasteiger partial charge in [0.05, 0.1) is 6.61 Å². The lowest BCUT2D eigenvalue weighted by Crippen LogP contribution is -2.56. The van der Waals surface area contributed by atoms with Gasteiger partial charge in [-0.1, -0.05) is 170 Å². The monoisotopic (exact) mass is 2060 g/mol. The number of ether oxygens (including phenoxy) is 10. The number of aliphatic hydroxyl groups excluding tert-OH is 2. The molecule has 12 aromatic carbocycles. The predicted molar refractivity (Wildman–Crippen MR) is 548 cm³/mol. The molecule has 28 rings (SSSR count). The van der Waals surface area contributed by atoms with Crippen molar-refractivity contribution in [3.63, 3.8) is 0 Å². The summed E-state index contributed by atoms with van der Waals surface area (Å²) in [6.45, 7) is 6.26. The lowest BCUT2D eigenvalue weighted by atomic mass is 9.48. The van der Waals surface area contributed by atoms with E-state index in [0.717, 1.165) is 142 Å². The molecule has 0 aromatic heterocycles. The van der Waals surface area contributed by atoms with Gasteiger partial charge in [-0.2, -0.15) is 26.3 Å². The number of aliphatic hydroxyl groups is 2. The molecule has 12 aromatic rings.